The standard InChI is InChI=1S/C27H23Cl2NO6/c1-3-36-22-13-16(8-10-21(22)31)24-23(25(32)17-7-9-19(28)20(29)12-17)26(33)27(34)30(24)14-15-5-4-6-18(11-15)35-2/h4-13,24,31-32H,3,14H2,1-2H3/b25-23-. The number of ketones is 1. The largest absolute Gasteiger partial charge is 0.507 e. The lowest BCUT2D eigenvalue weighted by Crippen LogP contribution is -2.29. The van der Waals surface area contributed by atoms with Crippen LogP contribution in [-0.4, -0.2) is 40.5 Å². The molecule has 1 atom stereocenters. The number of rotatable bonds is 7. The summed E-state index contributed by atoms with van der Waals surface area (Å²) in [6.45, 7) is 2.13. The lowest BCUT2D eigenvalue weighted by atomic mass is 9.94. The normalized spacial score (nSPS) is 16.9. The van der Waals surface area contributed by atoms with Crippen LogP contribution in [0.2, 0.25) is 10.0 Å². The molecule has 4 rings (SSSR count). The zero-order chi connectivity index (χ0) is 26.0. The molecule has 186 valence electrons. The van der Waals surface area contributed by atoms with Crippen LogP contribution in [0.15, 0.2) is 66.2 Å². The second kappa shape index (κ2) is 10.5. The Bertz CT molecular complexity index is 1370. The monoisotopic (exact) mass is 527 g/mol. The third-order valence-corrected chi connectivity index (χ3v) is 6.56. The Morgan fingerprint density at radius 3 is 2.50 bits per heavy atom. The third-order valence-electron chi connectivity index (χ3n) is 5.82. The summed E-state index contributed by atoms with van der Waals surface area (Å²) in [5, 5.41) is 21.9. The molecule has 0 saturated carbocycles. The fourth-order valence-electron chi connectivity index (χ4n) is 4.13. The van der Waals surface area contributed by atoms with Crippen LogP contribution in [0.5, 0.6) is 17.2 Å². The van der Waals surface area contributed by atoms with E-state index in [2.05, 4.69) is 0 Å². The van der Waals surface area contributed by atoms with Gasteiger partial charge in [0.05, 0.1) is 35.4 Å². The van der Waals surface area contributed by atoms with Gasteiger partial charge in [-0.25, -0.2) is 0 Å². The van der Waals surface area contributed by atoms with Crippen molar-refractivity contribution in [3.63, 3.8) is 0 Å². The van der Waals surface area contributed by atoms with E-state index in [1.54, 1.807) is 43.3 Å². The van der Waals surface area contributed by atoms with Gasteiger partial charge in [0.1, 0.15) is 11.5 Å². The van der Waals surface area contributed by atoms with Gasteiger partial charge in [0.25, 0.3) is 11.7 Å². The minimum atomic E-state index is -0.967. The maximum absolute atomic E-state index is 13.3. The number of hydrogen-bond donors (Lipinski definition) is 2. The predicted octanol–water partition coefficient (Wildman–Crippen LogP) is 5.73. The third kappa shape index (κ3) is 4.85. The molecule has 0 bridgehead atoms. The highest BCUT2D eigenvalue weighted by Crippen LogP contribution is 2.43. The molecular formula is C27H23Cl2NO6. The molecule has 0 aliphatic carbocycles. The molecule has 3 aromatic carbocycles. The molecule has 3 aromatic rings. The van der Waals surface area contributed by atoms with Crippen LogP contribution >= 0.6 is 23.2 Å². The molecule has 1 aliphatic heterocycles. The summed E-state index contributed by atoms with van der Waals surface area (Å²) in [4.78, 5) is 27.9. The first-order valence-electron chi connectivity index (χ1n) is 11.1. The van der Waals surface area contributed by atoms with Crippen molar-refractivity contribution in [1.29, 1.82) is 0 Å². The van der Waals surface area contributed by atoms with E-state index in [0.29, 0.717) is 17.9 Å². The molecule has 1 fully saturated rings. The van der Waals surface area contributed by atoms with Gasteiger partial charge in [-0.2, -0.15) is 0 Å². The van der Waals surface area contributed by atoms with Crippen LogP contribution in [-0.2, 0) is 16.1 Å². The van der Waals surface area contributed by atoms with Gasteiger partial charge in [0, 0.05) is 12.1 Å². The van der Waals surface area contributed by atoms with Crippen LogP contribution in [0.4, 0.5) is 0 Å². The van der Waals surface area contributed by atoms with Gasteiger partial charge in [-0.05, 0) is 60.5 Å². The molecule has 2 N–H and O–H groups in total. The van der Waals surface area contributed by atoms with Crippen LogP contribution < -0.4 is 9.47 Å². The summed E-state index contributed by atoms with van der Waals surface area (Å²) in [7, 11) is 1.54. The minimum Gasteiger partial charge on any atom is -0.507 e. The first-order valence-corrected chi connectivity index (χ1v) is 11.8. The van der Waals surface area contributed by atoms with E-state index >= 15 is 0 Å². The first-order chi connectivity index (χ1) is 17.2. The van der Waals surface area contributed by atoms with E-state index in [1.807, 2.05) is 0 Å². The Morgan fingerprint density at radius 1 is 1.03 bits per heavy atom. The molecule has 36 heavy (non-hydrogen) atoms. The van der Waals surface area contributed by atoms with Crippen molar-refractivity contribution in [2.24, 2.45) is 0 Å². The highest BCUT2D eigenvalue weighted by atomic mass is 35.5. The summed E-state index contributed by atoms with van der Waals surface area (Å²) in [6.07, 6.45) is 0. The molecule has 0 aromatic heterocycles. The average Bonchev–Trinajstić information content (AvgIpc) is 3.11. The predicted molar refractivity (Wildman–Crippen MR) is 137 cm³/mol. The zero-order valence-electron chi connectivity index (χ0n) is 19.5. The number of likely N-dealkylation sites (tertiary alicyclic amines) is 1. The molecular weight excluding hydrogens is 505 g/mol. The minimum absolute atomic E-state index is 0.0649. The molecule has 1 amide bonds. The Morgan fingerprint density at radius 2 is 1.81 bits per heavy atom. The quantitative estimate of drug-likeness (QED) is 0.231. The zero-order valence-corrected chi connectivity index (χ0v) is 21.0. The van der Waals surface area contributed by atoms with Gasteiger partial charge in [-0.3, -0.25) is 9.59 Å². The smallest absolute Gasteiger partial charge is 0.295 e. The number of carbonyl (C=O) groups is 2. The summed E-state index contributed by atoms with van der Waals surface area (Å²) in [5.74, 6) is -1.32. The van der Waals surface area contributed by atoms with Gasteiger partial charge >= 0.3 is 0 Å². The lowest BCUT2D eigenvalue weighted by molar-refractivity contribution is -0.140. The first kappa shape index (κ1) is 25.4. The van der Waals surface area contributed by atoms with Crippen LogP contribution in [0.1, 0.15) is 29.7 Å². The summed E-state index contributed by atoms with van der Waals surface area (Å²) < 4.78 is 10.8. The number of Topliss-reactive ketones (excluding diaryl/α,β-unsaturated/α-hetero) is 1. The highest BCUT2D eigenvalue weighted by molar-refractivity contribution is 6.46. The number of aliphatic hydroxyl groups is 1. The molecule has 0 spiro atoms. The van der Waals surface area contributed by atoms with Crippen molar-refractivity contribution in [1.82, 2.24) is 4.90 Å². The lowest BCUT2D eigenvalue weighted by Gasteiger charge is -2.26. The van der Waals surface area contributed by atoms with E-state index in [1.165, 1.54) is 36.3 Å². The summed E-state index contributed by atoms with van der Waals surface area (Å²) >= 11 is 12.2. The van der Waals surface area contributed by atoms with Gasteiger partial charge < -0.3 is 24.6 Å². The number of ether oxygens (including phenoxy) is 2. The number of carbonyl (C=O) groups excluding carboxylic acids is 2. The van der Waals surface area contributed by atoms with E-state index in [-0.39, 0.29) is 39.2 Å². The Kier molecular flexibility index (Phi) is 7.43. The van der Waals surface area contributed by atoms with Crippen molar-refractivity contribution in [3.05, 3.63) is 93.0 Å². The summed E-state index contributed by atoms with van der Waals surface area (Å²) in [6, 6.07) is 15.1. The number of halogens is 2. The molecule has 1 saturated heterocycles. The van der Waals surface area contributed by atoms with Crippen molar-refractivity contribution in [2.75, 3.05) is 13.7 Å². The van der Waals surface area contributed by atoms with E-state index in [9.17, 15) is 19.8 Å². The molecule has 9 heteroatoms. The number of nitrogens with zero attached hydrogens (tertiary/aromatic N) is 1. The van der Waals surface area contributed by atoms with Crippen molar-refractivity contribution in [3.8, 4) is 17.2 Å². The number of phenols is 1. The van der Waals surface area contributed by atoms with Crippen LogP contribution in [0.25, 0.3) is 5.76 Å². The van der Waals surface area contributed by atoms with Crippen molar-refractivity contribution in [2.45, 2.75) is 19.5 Å². The fraction of sp³-hybridized carbons (Fsp3) is 0.185. The summed E-state index contributed by atoms with van der Waals surface area (Å²) in [5.41, 5.74) is 1.31. The van der Waals surface area contributed by atoms with Gasteiger partial charge in [0.15, 0.2) is 11.5 Å². The highest BCUT2D eigenvalue weighted by Gasteiger charge is 2.46. The Hall–Kier alpha value is -3.68. The number of aromatic hydroxyl groups is 1. The molecule has 0 radical (unpaired) electrons. The van der Waals surface area contributed by atoms with E-state index in [4.69, 9.17) is 32.7 Å². The number of aliphatic hydroxyl groups excluding tert-OH is 1. The van der Waals surface area contributed by atoms with Gasteiger partial charge in [0.2, 0.25) is 0 Å². The Labute approximate surface area is 218 Å². The van der Waals surface area contributed by atoms with Gasteiger partial charge in [-0.15, -0.1) is 0 Å². The second-order valence-corrected chi connectivity index (χ2v) is 8.88. The topological polar surface area (TPSA) is 96.3 Å². The van der Waals surface area contributed by atoms with E-state index < -0.39 is 23.5 Å². The van der Waals surface area contributed by atoms with Gasteiger partial charge in [-0.1, -0.05) is 41.4 Å². The number of methoxy groups -OCH3 is 1. The number of hydrogen-bond acceptors (Lipinski definition) is 6. The fourth-order valence-corrected chi connectivity index (χ4v) is 4.43. The number of benzene rings is 3. The maximum Gasteiger partial charge on any atom is 0.295 e. The second-order valence-electron chi connectivity index (χ2n) is 8.07. The van der Waals surface area contributed by atoms with Crippen LogP contribution in [0, 0.1) is 0 Å². The average molecular weight is 528 g/mol. The Balaban J connectivity index is 1.89. The SMILES string of the molecule is CCOc1cc(C2/C(=C(/O)c3ccc(Cl)c(Cl)c3)C(=O)C(=O)N2Cc2cccc(OC)c2)ccc1O. The maximum atomic E-state index is 13.3. The molecule has 1 heterocycles. The molecule has 1 unspecified atom stereocenters. The number of phenolic OH excluding ortho intramolecular Hbond substituents is 1. The van der Waals surface area contributed by atoms with Crippen molar-refractivity contribution < 1.29 is 29.3 Å². The number of amides is 1. The van der Waals surface area contributed by atoms with Crippen LogP contribution in [0.3, 0.4) is 0 Å². The van der Waals surface area contributed by atoms with Crippen molar-refractivity contribution >= 4 is 40.7 Å². The van der Waals surface area contributed by atoms with E-state index in [0.717, 1.165) is 5.56 Å². The molecule has 7 nitrogen and oxygen atoms in total. The molecule has 1 aliphatic rings.